The average molecular weight is 249 g/mol. The zero-order valence-corrected chi connectivity index (χ0v) is 10.0. The number of rotatable bonds is 2. The highest BCUT2D eigenvalue weighted by Gasteiger charge is 2.16. The van der Waals surface area contributed by atoms with E-state index in [1.807, 2.05) is 0 Å². The number of carbonyl (C=O) groups excluding carboxylic acids is 1. The van der Waals surface area contributed by atoms with Gasteiger partial charge in [0.05, 0.1) is 12.6 Å². The van der Waals surface area contributed by atoms with Crippen molar-refractivity contribution in [2.45, 2.75) is 13.0 Å². The monoisotopic (exact) mass is 249 g/mol. The van der Waals surface area contributed by atoms with E-state index in [0.717, 1.165) is 6.07 Å². The number of hydrogen-bond acceptors (Lipinski definition) is 3. The predicted molar refractivity (Wildman–Crippen MR) is 64.9 cm³/mol. The van der Waals surface area contributed by atoms with Crippen LogP contribution in [0, 0.1) is 5.82 Å². The third-order valence-electron chi connectivity index (χ3n) is 2.85. The molecule has 1 unspecified atom stereocenters. The molecule has 0 spiro atoms. The fraction of sp³-hybridized carbons (Fsp3) is 0.231. The van der Waals surface area contributed by atoms with Gasteiger partial charge in [0.2, 0.25) is 0 Å². The van der Waals surface area contributed by atoms with Crippen LogP contribution in [0.5, 0.6) is 0 Å². The fourth-order valence-corrected chi connectivity index (χ4v) is 1.87. The minimum absolute atomic E-state index is 0.244. The largest absolute Gasteiger partial charge is 0.467 e. The minimum atomic E-state index is -0.580. The Morgan fingerprint density at radius 3 is 2.78 bits per heavy atom. The van der Waals surface area contributed by atoms with Crippen molar-refractivity contribution in [1.29, 1.82) is 0 Å². The highest BCUT2D eigenvalue weighted by atomic mass is 19.1. The summed E-state index contributed by atoms with van der Waals surface area (Å²) in [5.41, 5.74) is 0.222. The third kappa shape index (κ3) is 1.99. The number of carbonyl (C=O) groups is 1. The van der Waals surface area contributed by atoms with Crippen LogP contribution in [0.1, 0.15) is 13.0 Å². The third-order valence-corrected chi connectivity index (χ3v) is 2.85. The van der Waals surface area contributed by atoms with Crippen molar-refractivity contribution in [2.75, 3.05) is 7.11 Å². The first-order valence-corrected chi connectivity index (χ1v) is 5.43. The second-order valence-corrected chi connectivity index (χ2v) is 3.95. The molecule has 0 amide bonds. The Labute approximate surface area is 103 Å². The van der Waals surface area contributed by atoms with E-state index in [2.05, 4.69) is 4.74 Å². The topological polar surface area (TPSA) is 48.3 Å². The number of nitrogens with zero attached hydrogens (tertiary/aromatic N) is 1. The van der Waals surface area contributed by atoms with Gasteiger partial charge < -0.3 is 9.30 Å². The number of methoxy groups -OCH3 is 1. The summed E-state index contributed by atoms with van der Waals surface area (Å²) in [4.78, 5) is 23.2. The van der Waals surface area contributed by atoms with E-state index in [9.17, 15) is 14.0 Å². The Morgan fingerprint density at radius 1 is 1.39 bits per heavy atom. The van der Waals surface area contributed by atoms with Crippen LogP contribution in [0.15, 0.2) is 35.3 Å². The van der Waals surface area contributed by atoms with Crippen LogP contribution in [-0.2, 0) is 9.53 Å². The smallest absolute Gasteiger partial charge is 0.328 e. The molecule has 0 saturated heterocycles. The minimum Gasteiger partial charge on any atom is -0.467 e. The molecule has 0 saturated carbocycles. The number of benzene rings is 1. The van der Waals surface area contributed by atoms with Gasteiger partial charge in [-0.25, -0.2) is 9.18 Å². The van der Waals surface area contributed by atoms with Crippen LogP contribution < -0.4 is 5.43 Å². The lowest BCUT2D eigenvalue weighted by atomic mass is 10.2. The van der Waals surface area contributed by atoms with Gasteiger partial charge in [-0.2, -0.15) is 0 Å². The highest BCUT2D eigenvalue weighted by Crippen LogP contribution is 2.17. The molecule has 18 heavy (non-hydrogen) atoms. The molecule has 1 aromatic heterocycles. The van der Waals surface area contributed by atoms with Crippen LogP contribution in [0.3, 0.4) is 0 Å². The predicted octanol–water partition coefficient (Wildman–Crippen LogP) is 1.87. The molecule has 0 aliphatic carbocycles. The van der Waals surface area contributed by atoms with Gasteiger partial charge in [0, 0.05) is 17.6 Å². The van der Waals surface area contributed by atoms with Crippen molar-refractivity contribution < 1.29 is 13.9 Å². The average Bonchev–Trinajstić information content (AvgIpc) is 2.38. The number of fused-ring (bicyclic) bond motifs is 1. The molecule has 1 aromatic carbocycles. The molecule has 0 aliphatic heterocycles. The molecule has 5 heteroatoms. The van der Waals surface area contributed by atoms with E-state index in [0.29, 0.717) is 5.52 Å². The summed E-state index contributed by atoms with van der Waals surface area (Å²) in [6.45, 7) is 1.65. The molecular formula is C13H12FNO3. The van der Waals surface area contributed by atoms with Crippen molar-refractivity contribution in [1.82, 2.24) is 4.57 Å². The number of halogens is 1. The van der Waals surface area contributed by atoms with Gasteiger partial charge in [-0.05, 0) is 25.1 Å². The maximum absolute atomic E-state index is 13.1. The summed E-state index contributed by atoms with van der Waals surface area (Å²) in [6, 6.07) is 4.62. The molecule has 94 valence electrons. The van der Waals surface area contributed by atoms with E-state index >= 15 is 0 Å². The normalized spacial score (nSPS) is 12.4. The van der Waals surface area contributed by atoms with E-state index in [-0.39, 0.29) is 10.8 Å². The fourth-order valence-electron chi connectivity index (χ4n) is 1.87. The van der Waals surface area contributed by atoms with Crippen LogP contribution in [0.2, 0.25) is 0 Å². The van der Waals surface area contributed by atoms with Gasteiger partial charge in [-0.3, -0.25) is 4.79 Å². The van der Waals surface area contributed by atoms with Crippen LogP contribution in [-0.4, -0.2) is 17.6 Å². The van der Waals surface area contributed by atoms with Gasteiger partial charge in [0.15, 0.2) is 5.43 Å². The molecule has 4 nitrogen and oxygen atoms in total. The summed E-state index contributed by atoms with van der Waals surface area (Å²) in [5, 5.41) is 0.244. The lowest BCUT2D eigenvalue weighted by Gasteiger charge is -2.16. The van der Waals surface area contributed by atoms with Crippen molar-refractivity contribution in [3.05, 3.63) is 46.5 Å². The van der Waals surface area contributed by atoms with Crippen molar-refractivity contribution >= 4 is 16.9 Å². The van der Waals surface area contributed by atoms with Crippen LogP contribution in [0.4, 0.5) is 4.39 Å². The van der Waals surface area contributed by atoms with Gasteiger partial charge in [-0.1, -0.05) is 0 Å². The van der Waals surface area contributed by atoms with E-state index < -0.39 is 17.8 Å². The number of pyridine rings is 1. The maximum atomic E-state index is 13.1. The first kappa shape index (κ1) is 12.3. The molecule has 2 aromatic rings. The molecule has 0 bridgehead atoms. The van der Waals surface area contributed by atoms with Crippen molar-refractivity contribution in [3.8, 4) is 0 Å². The number of hydrogen-bond donors (Lipinski definition) is 0. The summed E-state index contributed by atoms with van der Waals surface area (Å²) in [5.74, 6) is -0.910. The second-order valence-electron chi connectivity index (χ2n) is 3.95. The van der Waals surface area contributed by atoms with Gasteiger partial charge in [0.25, 0.3) is 0 Å². The summed E-state index contributed by atoms with van der Waals surface area (Å²) in [6.07, 6.45) is 1.50. The Morgan fingerprint density at radius 2 is 2.11 bits per heavy atom. The summed E-state index contributed by atoms with van der Waals surface area (Å²) in [7, 11) is 1.29. The Bertz CT molecular complexity index is 663. The molecule has 0 N–H and O–H groups in total. The standard InChI is InChI=1S/C13H12FNO3/c1-8(13(17)18-2)15-6-5-12(16)10-7-9(14)3-4-11(10)15/h3-8H,1-2H3. The lowest BCUT2D eigenvalue weighted by molar-refractivity contribution is -0.143. The number of esters is 1. The zero-order chi connectivity index (χ0) is 13.3. The van der Waals surface area contributed by atoms with Crippen LogP contribution >= 0.6 is 0 Å². The van der Waals surface area contributed by atoms with Crippen molar-refractivity contribution in [3.63, 3.8) is 0 Å². The highest BCUT2D eigenvalue weighted by molar-refractivity contribution is 5.82. The SMILES string of the molecule is COC(=O)C(C)n1ccc(=O)c2cc(F)ccc21. The molecule has 0 fully saturated rings. The molecule has 1 atom stereocenters. The van der Waals surface area contributed by atoms with Crippen molar-refractivity contribution in [2.24, 2.45) is 0 Å². The maximum Gasteiger partial charge on any atom is 0.328 e. The van der Waals surface area contributed by atoms with E-state index in [4.69, 9.17) is 0 Å². The Balaban J connectivity index is 2.70. The summed E-state index contributed by atoms with van der Waals surface area (Å²) >= 11 is 0. The summed E-state index contributed by atoms with van der Waals surface area (Å²) < 4.78 is 19.4. The van der Waals surface area contributed by atoms with E-state index in [1.165, 1.54) is 31.5 Å². The van der Waals surface area contributed by atoms with Gasteiger partial charge >= 0.3 is 5.97 Å². The lowest BCUT2D eigenvalue weighted by Crippen LogP contribution is -2.20. The molecular weight excluding hydrogens is 237 g/mol. The number of ether oxygens (including phenoxy) is 1. The number of aromatic nitrogens is 1. The van der Waals surface area contributed by atoms with Gasteiger partial charge in [-0.15, -0.1) is 0 Å². The molecule has 2 rings (SSSR count). The molecule has 0 radical (unpaired) electrons. The molecule has 0 aliphatic rings. The first-order chi connectivity index (χ1) is 8.54. The van der Waals surface area contributed by atoms with Gasteiger partial charge in [0.1, 0.15) is 11.9 Å². The second kappa shape index (κ2) is 4.60. The molecule has 1 heterocycles. The Kier molecular flexibility index (Phi) is 3.14. The quantitative estimate of drug-likeness (QED) is 0.763. The zero-order valence-electron chi connectivity index (χ0n) is 10.0. The van der Waals surface area contributed by atoms with E-state index in [1.54, 1.807) is 11.5 Å². The first-order valence-electron chi connectivity index (χ1n) is 5.43. The van der Waals surface area contributed by atoms with Crippen LogP contribution in [0.25, 0.3) is 10.9 Å². The Hall–Kier alpha value is -2.17.